The number of amides is 1. The molecule has 1 aromatic heterocycles. The molecule has 0 atom stereocenters. The molecule has 0 aliphatic carbocycles. The van der Waals surface area contributed by atoms with Gasteiger partial charge in [0, 0.05) is 48.1 Å². The number of fused-ring (bicyclic) bond motifs is 1. The summed E-state index contributed by atoms with van der Waals surface area (Å²) in [5.41, 5.74) is 1.68. The van der Waals surface area contributed by atoms with Gasteiger partial charge in [-0.3, -0.25) is 9.69 Å². The first kappa shape index (κ1) is 16.3. The lowest BCUT2D eigenvalue weighted by Gasteiger charge is -2.20. The summed E-state index contributed by atoms with van der Waals surface area (Å²) in [7, 11) is 0. The molecule has 5 heteroatoms. The van der Waals surface area contributed by atoms with Crippen molar-refractivity contribution in [3.63, 3.8) is 0 Å². The summed E-state index contributed by atoms with van der Waals surface area (Å²) >= 11 is 3.47. The van der Waals surface area contributed by atoms with Crippen molar-refractivity contribution in [1.82, 2.24) is 9.80 Å². The number of hydrogen-bond acceptors (Lipinski definition) is 3. The second-order valence-electron chi connectivity index (χ2n) is 5.93. The Kier molecular flexibility index (Phi) is 4.87. The molecule has 0 unspecified atom stereocenters. The number of carbonyl (C=O) groups is 1. The Labute approximate surface area is 144 Å². The third-order valence-corrected chi connectivity index (χ3v) is 4.85. The minimum Gasteiger partial charge on any atom is -0.451 e. The Bertz CT molecular complexity index is 738. The highest BCUT2D eigenvalue weighted by molar-refractivity contribution is 9.10. The first-order chi connectivity index (χ1) is 11.1. The van der Waals surface area contributed by atoms with Crippen LogP contribution in [0.1, 0.15) is 22.5 Å². The van der Waals surface area contributed by atoms with Gasteiger partial charge in [-0.05, 0) is 31.5 Å². The van der Waals surface area contributed by atoms with E-state index in [1.165, 1.54) is 0 Å². The Hall–Kier alpha value is -1.59. The molecule has 2 aromatic rings. The van der Waals surface area contributed by atoms with Gasteiger partial charge in [0.05, 0.1) is 0 Å². The molecule has 0 bridgehead atoms. The number of carbonyl (C=O) groups excluding carboxylic acids is 1. The maximum absolute atomic E-state index is 12.9. The molecule has 0 radical (unpaired) electrons. The zero-order chi connectivity index (χ0) is 16.4. The number of furan rings is 1. The lowest BCUT2D eigenvalue weighted by molar-refractivity contribution is 0.0731. The molecule has 0 N–H and O–H groups in total. The Morgan fingerprint density at radius 1 is 1.35 bits per heavy atom. The van der Waals surface area contributed by atoms with Crippen LogP contribution in [0.25, 0.3) is 11.0 Å². The van der Waals surface area contributed by atoms with Gasteiger partial charge >= 0.3 is 0 Å². The van der Waals surface area contributed by atoms with Crippen LogP contribution in [0, 0.1) is 6.92 Å². The molecular formula is C18H21BrN2O2. The molecule has 0 spiro atoms. The predicted octanol–water partition coefficient (Wildman–Crippen LogP) is 3.84. The van der Waals surface area contributed by atoms with E-state index in [0.717, 1.165) is 60.2 Å². The quantitative estimate of drug-likeness (QED) is 0.763. The van der Waals surface area contributed by atoms with Gasteiger partial charge in [-0.15, -0.1) is 6.58 Å². The molecule has 122 valence electrons. The van der Waals surface area contributed by atoms with Gasteiger partial charge in [0.2, 0.25) is 0 Å². The highest BCUT2D eigenvalue weighted by atomic mass is 79.9. The summed E-state index contributed by atoms with van der Waals surface area (Å²) in [6.45, 7) is 9.99. The predicted molar refractivity (Wildman–Crippen MR) is 95.8 cm³/mol. The summed E-state index contributed by atoms with van der Waals surface area (Å²) in [6.07, 6.45) is 2.89. The molecular weight excluding hydrogens is 356 g/mol. The van der Waals surface area contributed by atoms with Crippen LogP contribution in [0.2, 0.25) is 0 Å². The van der Waals surface area contributed by atoms with Crippen molar-refractivity contribution in [2.75, 3.05) is 32.7 Å². The van der Waals surface area contributed by atoms with Crippen LogP contribution in [-0.2, 0) is 0 Å². The number of nitrogens with zero attached hydrogens (tertiary/aromatic N) is 2. The molecule has 3 rings (SSSR count). The first-order valence-corrected chi connectivity index (χ1v) is 8.70. The maximum atomic E-state index is 12.9. The highest BCUT2D eigenvalue weighted by Gasteiger charge is 2.25. The summed E-state index contributed by atoms with van der Waals surface area (Å²) in [5.74, 6) is 0.463. The number of halogens is 1. The molecule has 0 saturated carbocycles. The minimum absolute atomic E-state index is 0.00437. The van der Waals surface area contributed by atoms with Crippen molar-refractivity contribution in [3.05, 3.63) is 46.7 Å². The topological polar surface area (TPSA) is 36.7 Å². The molecule has 4 nitrogen and oxygen atoms in total. The van der Waals surface area contributed by atoms with Gasteiger partial charge in [0.15, 0.2) is 5.76 Å². The lowest BCUT2D eigenvalue weighted by atomic mass is 10.1. The largest absolute Gasteiger partial charge is 0.451 e. The Morgan fingerprint density at radius 2 is 2.17 bits per heavy atom. The normalized spacial score (nSPS) is 16.5. The van der Waals surface area contributed by atoms with Gasteiger partial charge in [-0.25, -0.2) is 0 Å². The van der Waals surface area contributed by atoms with Crippen LogP contribution in [0.15, 0.2) is 39.7 Å². The van der Waals surface area contributed by atoms with Crippen LogP contribution >= 0.6 is 15.9 Å². The summed E-state index contributed by atoms with van der Waals surface area (Å²) in [6, 6.07) is 5.83. The molecule has 23 heavy (non-hydrogen) atoms. The van der Waals surface area contributed by atoms with E-state index in [-0.39, 0.29) is 5.91 Å². The summed E-state index contributed by atoms with van der Waals surface area (Å²) < 4.78 is 6.83. The van der Waals surface area contributed by atoms with Crippen LogP contribution in [-0.4, -0.2) is 48.4 Å². The monoisotopic (exact) mass is 376 g/mol. The van der Waals surface area contributed by atoms with E-state index >= 15 is 0 Å². The molecule has 1 fully saturated rings. The molecule has 1 amide bonds. The van der Waals surface area contributed by atoms with E-state index in [4.69, 9.17) is 4.42 Å². The molecule has 1 saturated heterocycles. The van der Waals surface area contributed by atoms with Crippen molar-refractivity contribution < 1.29 is 9.21 Å². The highest BCUT2D eigenvalue weighted by Crippen LogP contribution is 2.29. The van der Waals surface area contributed by atoms with Crippen molar-refractivity contribution in [3.8, 4) is 0 Å². The van der Waals surface area contributed by atoms with Gasteiger partial charge in [-0.1, -0.05) is 22.0 Å². The van der Waals surface area contributed by atoms with E-state index in [0.29, 0.717) is 5.76 Å². The van der Waals surface area contributed by atoms with Crippen molar-refractivity contribution >= 4 is 32.8 Å². The minimum atomic E-state index is -0.00437. The van der Waals surface area contributed by atoms with Gasteiger partial charge in [-0.2, -0.15) is 0 Å². The second-order valence-corrected chi connectivity index (χ2v) is 6.85. The SMILES string of the molecule is C=CCN1CCCN(C(=O)c2oc3ccc(Br)cc3c2C)CC1. The number of aryl methyl sites for hydroxylation is 1. The fraction of sp³-hybridized carbons (Fsp3) is 0.389. The standard InChI is InChI=1S/C18H21BrN2O2/c1-3-7-20-8-4-9-21(11-10-20)18(22)17-13(2)15-12-14(19)5-6-16(15)23-17/h3,5-6,12H,1,4,7-11H2,2H3. The van der Waals surface area contributed by atoms with E-state index < -0.39 is 0 Å². The van der Waals surface area contributed by atoms with Crippen LogP contribution in [0.3, 0.4) is 0 Å². The average molecular weight is 377 g/mol. The van der Waals surface area contributed by atoms with Crippen LogP contribution in [0.5, 0.6) is 0 Å². The van der Waals surface area contributed by atoms with E-state index in [1.54, 1.807) is 0 Å². The smallest absolute Gasteiger partial charge is 0.289 e. The van der Waals surface area contributed by atoms with Gasteiger partial charge in [0.1, 0.15) is 5.58 Å². The summed E-state index contributed by atoms with van der Waals surface area (Å²) in [5, 5.41) is 0.992. The Morgan fingerprint density at radius 3 is 2.96 bits per heavy atom. The Balaban J connectivity index is 1.83. The second kappa shape index (κ2) is 6.89. The number of rotatable bonds is 3. The summed E-state index contributed by atoms with van der Waals surface area (Å²) in [4.78, 5) is 17.1. The van der Waals surface area contributed by atoms with E-state index in [1.807, 2.05) is 36.1 Å². The molecule has 1 aliphatic heterocycles. The third kappa shape index (κ3) is 3.35. The van der Waals surface area contributed by atoms with Crippen molar-refractivity contribution in [1.29, 1.82) is 0 Å². The fourth-order valence-electron chi connectivity index (χ4n) is 3.08. The molecule has 2 heterocycles. The average Bonchev–Trinajstić information content (AvgIpc) is 2.72. The number of benzene rings is 1. The van der Waals surface area contributed by atoms with Crippen molar-refractivity contribution in [2.45, 2.75) is 13.3 Å². The van der Waals surface area contributed by atoms with Crippen molar-refractivity contribution in [2.24, 2.45) is 0 Å². The zero-order valence-corrected chi connectivity index (χ0v) is 14.9. The number of hydrogen-bond donors (Lipinski definition) is 0. The van der Waals surface area contributed by atoms with Gasteiger partial charge < -0.3 is 9.32 Å². The maximum Gasteiger partial charge on any atom is 0.289 e. The van der Waals surface area contributed by atoms with E-state index in [9.17, 15) is 4.79 Å². The van der Waals surface area contributed by atoms with Gasteiger partial charge in [0.25, 0.3) is 5.91 Å². The third-order valence-electron chi connectivity index (χ3n) is 4.36. The first-order valence-electron chi connectivity index (χ1n) is 7.91. The molecule has 1 aliphatic rings. The fourth-order valence-corrected chi connectivity index (χ4v) is 3.44. The zero-order valence-electron chi connectivity index (χ0n) is 13.3. The van der Waals surface area contributed by atoms with Crippen LogP contribution in [0.4, 0.5) is 0 Å². The van der Waals surface area contributed by atoms with Crippen LogP contribution < -0.4 is 0 Å². The molecule has 1 aromatic carbocycles. The lowest BCUT2D eigenvalue weighted by Crippen LogP contribution is -2.35. The van der Waals surface area contributed by atoms with E-state index in [2.05, 4.69) is 27.4 Å².